The Bertz CT molecular complexity index is 654. The first-order valence-electron chi connectivity index (χ1n) is 6.44. The van der Waals surface area contributed by atoms with E-state index in [1.54, 1.807) is 18.2 Å². The molecule has 0 atom stereocenters. The van der Waals surface area contributed by atoms with Crippen LogP contribution in [0.4, 0.5) is 0 Å². The predicted octanol–water partition coefficient (Wildman–Crippen LogP) is 0.305. The molecular weight excluding hydrogens is 296 g/mol. The molecule has 0 radical (unpaired) electrons. The molecule has 1 N–H and O–H groups in total. The van der Waals surface area contributed by atoms with E-state index >= 15 is 0 Å². The van der Waals surface area contributed by atoms with Gasteiger partial charge in [-0.3, -0.25) is 14.5 Å². The first-order valence-corrected chi connectivity index (χ1v) is 7.93. The molecule has 0 saturated carbocycles. The van der Waals surface area contributed by atoms with Crippen molar-refractivity contribution in [3.8, 4) is 0 Å². The SMILES string of the molecule is CCOCCOC(=O)CN=C1NS(=O)(=O)c2ccccc21. The molecule has 1 aliphatic heterocycles. The van der Waals surface area contributed by atoms with Gasteiger partial charge in [-0.1, -0.05) is 12.1 Å². The number of sulfonamides is 1. The Morgan fingerprint density at radius 1 is 1.29 bits per heavy atom. The molecule has 1 heterocycles. The lowest BCUT2D eigenvalue weighted by Crippen LogP contribution is -2.23. The zero-order chi connectivity index (χ0) is 15.3. The summed E-state index contributed by atoms with van der Waals surface area (Å²) in [4.78, 5) is 15.6. The molecule has 1 aromatic rings. The first-order chi connectivity index (χ1) is 10.0. The highest BCUT2D eigenvalue weighted by molar-refractivity contribution is 7.90. The molecule has 1 aromatic carbocycles. The third-order valence-electron chi connectivity index (χ3n) is 2.72. The molecule has 0 fully saturated rings. The molecule has 7 nitrogen and oxygen atoms in total. The fraction of sp³-hybridized carbons (Fsp3) is 0.385. The Morgan fingerprint density at radius 3 is 2.81 bits per heavy atom. The number of hydrogen-bond acceptors (Lipinski definition) is 6. The van der Waals surface area contributed by atoms with Gasteiger partial charge >= 0.3 is 5.97 Å². The zero-order valence-electron chi connectivity index (χ0n) is 11.5. The summed E-state index contributed by atoms with van der Waals surface area (Å²) >= 11 is 0. The maximum absolute atomic E-state index is 11.8. The van der Waals surface area contributed by atoms with E-state index < -0.39 is 16.0 Å². The van der Waals surface area contributed by atoms with Crippen LogP contribution in [0.5, 0.6) is 0 Å². The van der Waals surface area contributed by atoms with Crippen molar-refractivity contribution in [3.63, 3.8) is 0 Å². The van der Waals surface area contributed by atoms with Gasteiger partial charge in [-0.25, -0.2) is 8.42 Å². The quantitative estimate of drug-likeness (QED) is 0.602. The van der Waals surface area contributed by atoms with Crippen LogP contribution < -0.4 is 4.72 Å². The third kappa shape index (κ3) is 3.79. The maximum Gasteiger partial charge on any atom is 0.327 e. The van der Waals surface area contributed by atoms with E-state index in [9.17, 15) is 13.2 Å². The Kier molecular flexibility index (Phi) is 4.92. The fourth-order valence-corrected chi connectivity index (χ4v) is 3.05. The summed E-state index contributed by atoms with van der Waals surface area (Å²) in [5.41, 5.74) is 0.458. The van der Waals surface area contributed by atoms with Crippen molar-refractivity contribution in [1.29, 1.82) is 0 Å². The van der Waals surface area contributed by atoms with Gasteiger partial charge in [0, 0.05) is 12.2 Å². The lowest BCUT2D eigenvalue weighted by atomic mass is 10.2. The molecular formula is C13H16N2O5S. The van der Waals surface area contributed by atoms with Crippen LogP contribution in [0.3, 0.4) is 0 Å². The van der Waals surface area contributed by atoms with Crippen LogP contribution in [0.25, 0.3) is 0 Å². The lowest BCUT2D eigenvalue weighted by Gasteiger charge is -2.03. The van der Waals surface area contributed by atoms with Crippen LogP contribution in [0.1, 0.15) is 12.5 Å². The van der Waals surface area contributed by atoms with E-state index in [4.69, 9.17) is 9.47 Å². The second kappa shape index (κ2) is 6.68. The largest absolute Gasteiger partial charge is 0.462 e. The molecule has 21 heavy (non-hydrogen) atoms. The van der Waals surface area contributed by atoms with E-state index in [1.165, 1.54) is 6.07 Å². The Balaban J connectivity index is 1.99. The lowest BCUT2D eigenvalue weighted by molar-refractivity contribution is -0.143. The van der Waals surface area contributed by atoms with Crippen molar-refractivity contribution in [3.05, 3.63) is 29.8 Å². The zero-order valence-corrected chi connectivity index (χ0v) is 12.4. The van der Waals surface area contributed by atoms with Gasteiger partial charge < -0.3 is 9.47 Å². The Morgan fingerprint density at radius 2 is 2.05 bits per heavy atom. The molecule has 0 aromatic heterocycles. The minimum Gasteiger partial charge on any atom is -0.462 e. The molecule has 0 bridgehead atoms. The molecule has 0 aliphatic carbocycles. The summed E-state index contributed by atoms with van der Waals surface area (Å²) in [5, 5.41) is 0. The van der Waals surface area contributed by atoms with Gasteiger partial charge in [0.1, 0.15) is 19.0 Å². The van der Waals surface area contributed by atoms with Gasteiger partial charge in [0.25, 0.3) is 10.0 Å². The number of rotatable bonds is 6. The monoisotopic (exact) mass is 312 g/mol. The van der Waals surface area contributed by atoms with Gasteiger partial charge in [-0.05, 0) is 19.1 Å². The molecule has 8 heteroatoms. The molecule has 0 amide bonds. The number of nitrogens with zero attached hydrogens (tertiary/aromatic N) is 1. The average molecular weight is 312 g/mol. The van der Waals surface area contributed by atoms with Crippen LogP contribution in [-0.2, 0) is 24.3 Å². The number of esters is 1. The van der Waals surface area contributed by atoms with Crippen molar-refractivity contribution in [2.75, 3.05) is 26.4 Å². The average Bonchev–Trinajstić information content (AvgIpc) is 2.73. The first kappa shape index (κ1) is 15.5. The number of carbonyl (C=O) groups is 1. The maximum atomic E-state index is 11.8. The Hall–Kier alpha value is -1.93. The van der Waals surface area contributed by atoms with Crippen molar-refractivity contribution in [2.45, 2.75) is 11.8 Å². The summed E-state index contributed by atoms with van der Waals surface area (Å²) in [5.74, 6) is -0.377. The van der Waals surface area contributed by atoms with Gasteiger partial charge in [0.05, 0.1) is 11.5 Å². The number of carbonyl (C=O) groups excluding carboxylic acids is 1. The number of nitrogens with one attached hydrogen (secondary N) is 1. The normalized spacial score (nSPS) is 17.3. The summed E-state index contributed by atoms with van der Waals surface area (Å²) in [6.45, 7) is 2.63. The summed E-state index contributed by atoms with van der Waals surface area (Å²) in [7, 11) is -3.58. The molecule has 1 aliphatic rings. The van der Waals surface area contributed by atoms with Crippen molar-refractivity contribution < 1.29 is 22.7 Å². The highest BCUT2D eigenvalue weighted by Gasteiger charge is 2.30. The van der Waals surface area contributed by atoms with E-state index in [0.29, 0.717) is 18.8 Å². The number of aliphatic imine (C=N–C) groups is 1. The van der Waals surface area contributed by atoms with E-state index in [0.717, 1.165) is 0 Å². The van der Waals surface area contributed by atoms with Crippen molar-refractivity contribution in [2.24, 2.45) is 4.99 Å². The Labute approximate surface area is 123 Å². The van der Waals surface area contributed by atoms with E-state index in [1.807, 2.05) is 6.92 Å². The molecule has 0 unspecified atom stereocenters. The molecule has 114 valence electrons. The molecule has 2 rings (SSSR count). The number of ether oxygens (including phenoxy) is 2. The van der Waals surface area contributed by atoms with Crippen LogP contribution in [0, 0.1) is 0 Å². The van der Waals surface area contributed by atoms with Crippen LogP contribution in [0.2, 0.25) is 0 Å². The summed E-state index contributed by atoms with van der Waals surface area (Å²) in [6.07, 6.45) is 0. The second-order valence-electron chi connectivity index (χ2n) is 4.18. The standard InChI is InChI=1S/C13H16N2O5S/c1-2-19-7-8-20-12(16)9-14-13-10-5-3-4-6-11(10)21(17,18)15-13/h3-6H,2,7-9H2,1H3,(H,14,15). The number of amidine groups is 1. The van der Waals surface area contributed by atoms with E-state index in [2.05, 4.69) is 9.71 Å². The summed E-state index contributed by atoms with van der Waals surface area (Å²) < 4.78 is 35.9. The molecule has 0 saturated heterocycles. The smallest absolute Gasteiger partial charge is 0.327 e. The predicted molar refractivity (Wildman–Crippen MR) is 75.6 cm³/mol. The van der Waals surface area contributed by atoms with Crippen molar-refractivity contribution >= 4 is 21.8 Å². The van der Waals surface area contributed by atoms with Crippen LogP contribution in [-0.4, -0.2) is 46.6 Å². The van der Waals surface area contributed by atoms with Gasteiger partial charge in [-0.15, -0.1) is 0 Å². The number of fused-ring (bicyclic) bond motifs is 1. The minimum atomic E-state index is -3.58. The van der Waals surface area contributed by atoms with Crippen molar-refractivity contribution in [1.82, 2.24) is 4.72 Å². The third-order valence-corrected chi connectivity index (χ3v) is 4.12. The summed E-state index contributed by atoms with van der Waals surface area (Å²) in [6, 6.07) is 6.45. The highest BCUT2D eigenvalue weighted by Crippen LogP contribution is 2.21. The fourth-order valence-electron chi connectivity index (χ4n) is 1.80. The van der Waals surface area contributed by atoms with Crippen LogP contribution in [0.15, 0.2) is 34.2 Å². The highest BCUT2D eigenvalue weighted by atomic mass is 32.2. The van der Waals surface area contributed by atoms with Gasteiger partial charge in [0.15, 0.2) is 0 Å². The van der Waals surface area contributed by atoms with E-state index in [-0.39, 0.29) is 23.9 Å². The second-order valence-corrected chi connectivity index (χ2v) is 5.83. The number of hydrogen-bond donors (Lipinski definition) is 1. The van der Waals surface area contributed by atoms with Gasteiger partial charge in [-0.2, -0.15) is 0 Å². The van der Waals surface area contributed by atoms with Crippen LogP contribution >= 0.6 is 0 Å². The number of benzene rings is 1. The minimum absolute atomic E-state index is 0.153. The molecule has 0 spiro atoms. The van der Waals surface area contributed by atoms with Gasteiger partial charge in [0.2, 0.25) is 0 Å². The topological polar surface area (TPSA) is 94.1 Å².